The first kappa shape index (κ1) is 10.2. The average molecular weight is 266 g/mol. The zero-order valence-electron chi connectivity index (χ0n) is 9.19. The van der Waals surface area contributed by atoms with Crippen molar-refractivity contribution < 1.29 is 0 Å². The minimum atomic E-state index is 0.341. The molecule has 3 saturated carbocycles. The summed E-state index contributed by atoms with van der Waals surface area (Å²) in [7, 11) is 0. The van der Waals surface area contributed by atoms with Gasteiger partial charge in [-0.15, -0.1) is 0 Å². The van der Waals surface area contributed by atoms with E-state index >= 15 is 0 Å². The van der Waals surface area contributed by atoms with Gasteiger partial charge in [0, 0.05) is 6.04 Å². The van der Waals surface area contributed by atoms with Gasteiger partial charge < -0.3 is 5.32 Å². The van der Waals surface area contributed by atoms with Gasteiger partial charge in [0.25, 0.3) is 0 Å². The van der Waals surface area contributed by atoms with Crippen LogP contribution in [0, 0.1) is 35.0 Å². The topological polar surface area (TPSA) is 48.7 Å². The van der Waals surface area contributed by atoms with Gasteiger partial charge in [-0.05, 0) is 54.5 Å². The Morgan fingerprint density at radius 3 is 2.71 bits per heavy atom. The maximum absolute atomic E-state index is 9.03. The monoisotopic (exact) mass is 265 g/mol. The van der Waals surface area contributed by atoms with Gasteiger partial charge in [0.2, 0.25) is 0 Å². The summed E-state index contributed by atoms with van der Waals surface area (Å²) < 4.78 is 4.04. The number of aromatic nitrogens is 1. The SMILES string of the molecule is N#Cc1c(Cl)nsc1NC1C2C3CCC(C3)C12. The van der Waals surface area contributed by atoms with Gasteiger partial charge in [0.05, 0.1) is 0 Å². The number of hydrogen-bond acceptors (Lipinski definition) is 4. The molecule has 3 fully saturated rings. The van der Waals surface area contributed by atoms with Crippen molar-refractivity contribution in [1.82, 2.24) is 4.37 Å². The van der Waals surface area contributed by atoms with Crippen molar-refractivity contribution in [2.45, 2.75) is 25.3 Å². The van der Waals surface area contributed by atoms with Crippen LogP contribution < -0.4 is 5.32 Å². The molecule has 2 bridgehead atoms. The van der Waals surface area contributed by atoms with Gasteiger partial charge in [0.15, 0.2) is 5.15 Å². The lowest BCUT2D eigenvalue weighted by Gasteiger charge is -2.09. The highest BCUT2D eigenvalue weighted by molar-refractivity contribution is 7.10. The summed E-state index contributed by atoms with van der Waals surface area (Å²) in [6.07, 6.45) is 4.28. The lowest BCUT2D eigenvalue weighted by molar-refractivity contribution is 0.456. The fourth-order valence-electron chi connectivity index (χ4n) is 4.14. The second kappa shape index (κ2) is 3.37. The first-order valence-electron chi connectivity index (χ1n) is 6.11. The van der Waals surface area contributed by atoms with E-state index in [2.05, 4.69) is 15.8 Å². The lowest BCUT2D eigenvalue weighted by atomic mass is 10.0. The van der Waals surface area contributed by atoms with Gasteiger partial charge in [-0.1, -0.05) is 11.6 Å². The molecule has 1 heterocycles. The maximum Gasteiger partial charge on any atom is 0.162 e. The van der Waals surface area contributed by atoms with E-state index in [1.165, 1.54) is 30.8 Å². The van der Waals surface area contributed by atoms with E-state index < -0.39 is 0 Å². The summed E-state index contributed by atoms with van der Waals surface area (Å²) in [4.78, 5) is 0. The van der Waals surface area contributed by atoms with Crippen LogP contribution in [0.25, 0.3) is 0 Å². The minimum Gasteiger partial charge on any atom is -0.371 e. The van der Waals surface area contributed by atoms with Crippen LogP contribution in [0.3, 0.4) is 0 Å². The van der Waals surface area contributed by atoms with E-state index in [0.717, 1.165) is 28.7 Å². The van der Waals surface area contributed by atoms with Crippen molar-refractivity contribution in [2.75, 3.05) is 5.32 Å². The van der Waals surface area contributed by atoms with E-state index in [-0.39, 0.29) is 0 Å². The highest BCUT2D eigenvalue weighted by Gasteiger charge is 2.65. The van der Waals surface area contributed by atoms with E-state index in [9.17, 15) is 0 Å². The summed E-state index contributed by atoms with van der Waals surface area (Å²) >= 11 is 7.19. The first-order chi connectivity index (χ1) is 8.29. The smallest absolute Gasteiger partial charge is 0.162 e. The van der Waals surface area contributed by atoms with Gasteiger partial charge in [0.1, 0.15) is 16.6 Å². The van der Waals surface area contributed by atoms with Crippen molar-refractivity contribution in [3.63, 3.8) is 0 Å². The van der Waals surface area contributed by atoms with Crippen LogP contribution in [0.1, 0.15) is 24.8 Å². The predicted octanol–water partition coefficient (Wildman–Crippen LogP) is 3.12. The minimum absolute atomic E-state index is 0.341. The van der Waals surface area contributed by atoms with Crippen molar-refractivity contribution in [2.24, 2.45) is 23.7 Å². The number of nitriles is 1. The normalized spacial score (nSPS) is 41.1. The van der Waals surface area contributed by atoms with Crippen LogP contribution in [-0.4, -0.2) is 10.4 Å². The molecule has 4 rings (SSSR count). The number of anilines is 1. The quantitative estimate of drug-likeness (QED) is 0.894. The van der Waals surface area contributed by atoms with Gasteiger partial charge in [-0.2, -0.15) is 9.64 Å². The molecule has 17 heavy (non-hydrogen) atoms. The third kappa shape index (κ3) is 1.30. The molecule has 3 aliphatic carbocycles. The summed E-state index contributed by atoms with van der Waals surface area (Å²) in [6, 6.07) is 2.72. The number of fused-ring (bicyclic) bond motifs is 5. The fourth-order valence-corrected chi connectivity index (χ4v) is 5.12. The number of nitrogens with one attached hydrogen (secondary N) is 1. The summed E-state index contributed by atoms with van der Waals surface area (Å²) in [5.41, 5.74) is 0.522. The van der Waals surface area contributed by atoms with Crippen LogP contribution in [-0.2, 0) is 0 Å². The molecule has 0 aromatic carbocycles. The van der Waals surface area contributed by atoms with Crippen molar-refractivity contribution in [3.05, 3.63) is 10.7 Å². The Bertz CT molecular complexity index is 504. The molecular weight excluding hydrogens is 254 g/mol. The van der Waals surface area contributed by atoms with Crippen LogP contribution >= 0.6 is 23.1 Å². The standard InChI is InChI=1S/C12H12ClN3S/c13-11-7(4-14)12(17-16-11)15-10-8-5-1-2-6(3-5)9(8)10/h5-6,8-10,15H,1-3H2. The molecule has 1 aromatic heterocycles. The second-order valence-corrected chi connectivity index (χ2v) is 6.58. The molecule has 4 unspecified atom stereocenters. The van der Waals surface area contributed by atoms with Crippen LogP contribution in [0.2, 0.25) is 5.15 Å². The fraction of sp³-hybridized carbons (Fsp3) is 0.667. The summed E-state index contributed by atoms with van der Waals surface area (Å²) in [5.74, 6) is 3.61. The zero-order chi connectivity index (χ0) is 11.6. The highest BCUT2D eigenvalue weighted by atomic mass is 35.5. The molecule has 5 heteroatoms. The highest BCUT2D eigenvalue weighted by Crippen LogP contribution is 2.66. The van der Waals surface area contributed by atoms with Gasteiger partial charge in [-0.25, -0.2) is 0 Å². The molecule has 1 aromatic rings. The van der Waals surface area contributed by atoms with E-state index in [4.69, 9.17) is 16.9 Å². The Labute approximate surface area is 109 Å². The Kier molecular flexibility index (Phi) is 2.01. The maximum atomic E-state index is 9.03. The Balaban J connectivity index is 1.55. The molecule has 88 valence electrons. The molecule has 0 spiro atoms. The van der Waals surface area contributed by atoms with Crippen LogP contribution in [0.4, 0.5) is 5.00 Å². The Morgan fingerprint density at radius 1 is 1.35 bits per heavy atom. The Hall–Kier alpha value is -0.790. The lowest BCUT2D eigenvalue weighted by Crippen LogP contribution is -2.12. The third-order valence-corrected chi connectivity index (χ3v) is 5.95. The van der Waals surface area contributed by atoms with Crippen LogP contribution in [0.15, 0.2) is 0 Å². The van der Waals surface area contributed by atoms with Crippen molar-refractivity contribution in [3.8, 4) is 6.07 Å². The second-order valence-electron chi connectivity index (χ2n) is 5.45. The zero-order valence-corrected chi connectivity index (χ0v) is 10.8. The average Bonchev–Trinajstić information content (AvgIpc) is 2.71. The first-order valence-corrected chi connectivity index (χ1v) is 7.26. The Morgan fingerprint density at radius 2 is 2.06 bits per heavy atom. The molecule has 0 amide bonds. The number of nitrogens with zero attached hydrogens (tertiary/aromatic N) is 2. The van der Waals surface area contributed by atoms with E-state index in [0.29, 0.717) is 16.8 Å². The summed E-state index contributed by atoms with van der Waals surface area (Å²) in [6.45, 7) is 0. The molecule has 4 atom stereocenters. The summed E-state index contributed by atoms with van der Waals surface area (Å²) in [5, 5.41) is 13.8. The van der Waals surface area contributed by atoms with Crippen LogP contribution in [0.5, 0.6) is 0 Å². The molecule has 0 radical (unpaired) electrons. The van der Waals surface area contributed by atoms with Gasteiger partial charge in [-0.3, -0.25) is 0 Å². The van der Waals surface area contributed by atoms with E-state index in [1.807, 2.05) is 0 Å². The molecule has 3 nitrogen and oxygen atoms in total. The molecular formula is C12H12ClN3S. The third-order valence-electron chi connectivity index (χ3n) is 4.80. The predicted molar refractivity (Wildman–Crippen MR) is 67.1 cm³/mol. The number of rotatable bonds is 2. The van der Waals surface area contributed by atoms with E-state index in [1.54, 1.807) is 0 Å². The van der Waals surface area contributed by atoms with Crippen molar-refractivity contribution in [1.29, 1.82) is 5.26 Å². The number of halogens is 1. The largest absolute Gasteiger partial charge is 0.371 e. The number of hydrogen-bond donors (Lipinski definition) is 1. The molecule has 0 saturated heterocycles. The molecule has 1 N–H and O–H groups in total. The molecule has 3 aliphatic rings. The molecule has 0 aliphatic heterocycles. The van der Waals surface area contributed by atoms with Crippen molar-refractivity contribution >= 4 is 28.1 Å². The van der Waals surface area contributed by atoms with Gasteiger partial charge >= 0.3 is 0 Å².